The van der Waals surface area contributed by atoms with Gasteiger partial charge in [0.2, 0.25) is 0 Å². The van der Waals surface area contributed by atoms with E-state index in [4.69, 9.17) is 25.8 Å². The maximum atomic E-state index is 12.5. The molecule has 7 nitrogen and oxygen atoms in total. The van der Waals surface area contributed by atoms with E-state index >= 15 is 0 Å². The van der Waals surface area contributed by atoms with E-state index in [1.807, 2.05) is 12.1 Å². The van der Waals surface area contributed by atoms with Crippen LogP contribution in [0, 0.1) is 3.57 Å². The van der Waals surface area contributed by atoms with Crippen LogP contribution in [0.2, 0.25) is 5.02 Å². The van der Waals surface area contributed by atoms with Crippen molar-refractivity contribution >= 4 is 68.2 Å². The standard InChI is InChI=1S/C23H17BrClIN2O5/c1-31-21-10-14(6-8-20(21)33-23(30)16-4-2-3-5-18(16)26)12-27-28-22(29)13-32-19-9-7-15(25)11-17(19)24/h2-12H,13H2,1H3,(H,28,29). The van der Waals surface area contributed by atoms with Crippen LogP contribution in [0.25, 0.3) is 0 Å². The molecule has 0 aliphatic rings. The Hall–Kier alpha value is -2.63. The monoisotopic (exact) mass is 642 g/mol. The van der Waals surface area contributed by atoms with Crippen LogP contribution in [-0.4, -0.2) is 31.8 Å². The molecule has 3 aromatic carbocycles. The van der Waals surface area contributed by atoms with Crippen LogP contribution in [0.4, 0.5) is 0 Å². The van der Waals surface area contributed by atoms with Gasteiger partial charge in [0, 0.05) is 8.59 Å². The number of carbonyl (C=O) groups is 2. The second kappa shape index (κ2) is 12.0. The first kappa shape index (κ1) is 25.0. The summed E-state index contributed by atoms with van der Waals surface area (Å²) in [4.78, 5) is 24.4. The van der Waals surface area contributed by atoms with Crippen molar-refractivity contribution in [2.75, 3.05) is 13.7 Å². The Kier molecular flexibility index (Phi) is 9.10. The lowest BCUT2D eigenvalue weighted by Gasteiger charge is -2.10. The maximum Gasteiger partial charge on any atom is 0.344 e. The normalized spacial score (nSPS) is 10.7. The van der Waals surface area contributed by atoms with Gasteiger partial charge in [-0.25, -0.2) is 10.2 Å². The summed E-state index contributed by atoms with van der Waals surface area (Å²) in [5, 5.41) is 4.46. The predicted molar refractivity (Wildman–Crippen MR) is 137 cm³/mol. The summed E-state index contributed by atoms with van der Waals surface area (Å²) in [6.45, 7) is -0.228. The molecular weight excluding hydrogens is 627 g/mol. The number of ether oxygens (including phenoxy) is 3. The van der Waals surface area contributed by atoms with E-state index in [0.717, 1.165) is 3.57 Å². The van der Waals surface area contributed by atoms with Gasteiger partial charge in [-0.15, -0.1) is 0 Å². The van der Waals surface area contributed by atoms with Crippen LogP contribution in [0.1, 0.15) is 15.9 Å². The van der Waals surface area contributed by atoms with Crippen LogP contribution in [0.5, 0.6) is 17.2 Å². The molecule has 0 radical (unpaired) electrons. The van der Waals surface area contributed by atoms with Gasteiger partial charge in [-0.3, -0.25) is 4.79 Å². The number of nitrogens with one attached hydrogen (secondary N) is 1. The zero-order chi connectivity index (χ0) is 23.8. The number of nitrogens with zero attached hydrogens (tertiary/aromatic N) is 1. The minimum absolute atomic E-state index is 0.228. The Morgan fingerprint density at radius 2 is 1.85 bits per heavy atom. The van der Waals surface area contributed by atoms with Crippen molar-refractivity contribution < 1.29 is 23.8 Å². The Morgan fingerprint density at radius 3 is 2.58 bits per heavy atom. The third kappa shape index (κ3) is 7.18. The minimum Gasteiger partial charge on any atom is -0.493 e. The first-order chi connectivity index (χ1) is 15.9. The van der Waals surface area contributed by atoms with E-state index in [1.165, 1.54) is 13.3 Å². The Balaban J connectivity index is 1.58. The van der Waals surface area contributed by atoms with Crippen LogP contribution < -0.4 is 19.6 Å². The lowest BCUT2D eigenvalue weighted by molar-refractivity contribution is -0.123. The van der Waals surface area contributed by atoms with E-state index in [2.05, 4.69) is 49.0 Å². The average Bonchev–Trinajstić information content (AvgIpc) is 2.79. The molecule has 0 fully saturated rings. The Labute approximate surface area is 217 Å². The molecule has 33 heavy (non-hydrogen) atoms. The van der Waals surface area contributed by atoms with Gasteiger partial charge >= 0.3 is 5.97 Å². The summed E-state index contributed by atoms with van der Waals surface area (Å²) in [5.74, 6) is 0.173. The summed E-state index contributed by atoms with van der Waals surface area (Å²) in [7, 11) is 1.47. The highest BCUT2D eigenvalue weighted by atomic mass is 127. The van der Waals surface area contributed by atoms with Crippen LogP contribution in [0.15, 0.2) is 70.2 Å². The van der Waals surface area contributed by atoms with Crippen molar-refractivity contribution in [2.24, 2.45) is 5.10 Å². The topological polar surface area (TPSA) is 86.2 Å². The number of carbonyl (C=O) groups excluding carboxylic acids is 2. The van der Waals surface area contributed by atoms with E-state index in [-0.39, 0.29) is 12.4 Å². The van der Waals surface area contributed by atoms with Crippen molar-refractivity contribution in [3.8, 4) is 17.2 Å². The lowest BCUT2D eigenvalue weighted by atomic mass is 10.2. The second-order valence-electron chi connectivity index (χ2n) is 6.44. The molecule has 10 heteroatoms. The molecule has 0 saturated carbocycles. The second-order valence-corrected chi connectivity index (χ2v) is 8.89. The van der Waals surface area contributed by atoms with Gasteiger partial charge in [-0.2, -0.15) is 5.10 Å². The molecule has 0 atom stereocenters. The molecule has 0 spiro atoms. The van der Waals surface area contributed by atoms with Crippen molar-refractivity contribution in [2.45, 2.75) is 0 Å². The van der Waals surface area contributed by atoms with E-state index < -0.39 is 11.9 Å². The molecule has 0 aliphatic heterocycles. The fraction of sp³-hybridized carbons (Fsp3) is 0.0870. The number of esters is 1. The molecular formula is C23H17BrClIN2O5. The fourth-order valence-corrected chi connectivity index (χ4v) is 3.98. The number of amides is 1. The summed E-state index contributed by atoms with van der Waals surface area (Å²) in [6.07, 6.45) is 1.43. The average molecular weight is 644 g/mol. The first-order valence-corrected chi connectivity index (χ1v) is 11.7. The van der Waals surface area contributed by atoms with Gasteiger partial charge in [0.25, 0.3) is 5.91 Å². The highest BCUT2D eigenvalue weighted by Gasteiger charge is 2.15. The van der Waals surface area contributed by atoms with Gasteiger partial charge in [-0.1, -0.05) is 23.7 Å². The van der Waals surface area contributed by atoms with Gasteiger partial charge < -0.3 is 14.2 Å². The van der Waals surface area contributed by atoms with Gasteiger partial charge in [0.05, 0.1) is 23.4 Å². The molecule has 0 heterocycles. The number of hydrogen-bond donors (Lipinski definition) is 1. The molecule has 0 aliphatic carbocycles. The van der Waals surface area contributed by atoms with Gasteiger partial charge in [-0.05, 0) is 92.6 Å². The lowest BCUT2D eigenvalue weighted by Crippen LogP contribution is -2.24. The summed E-state index contributed by atoms with van der Waals surface area (Å²) < 4.78 is 17.7. The fourth-order valence-electron chi connectivity index (χ4n) is 2.58. The number of halogens is 3. The van der Waals surface area contributed by atoms with Crippen LogP contribution >= 0.6 is 50.1 Å². The summed E-state index contributed by atoms with van der Waals surface area (Å²) >= 11 is 11.3. The van der Waals surface area contributed by atoms with Crippen LogP contribution in [0.3, 0.4) is 0 Å². The zero-order valence-corrected chi connectivity index (χ0v) is 21.7. The molecule has 3 aromatic rings. The number of benzene rings is 3. The first-order valence-electron chi connectivity index (χ1n) is 9.42. The van der Waals surface area contributed by atoms with E-state index in [0.29, 0.717) is 32.1 Å². The largest absolute Gasteiger partial charge is 0.493 e. The van der Waals surface area contributed by atoms with E-state index in [1.54, 1.807) is 48.5 Å². The maximum absolute atomic E-state index is 12.5. The number of rotatable bonds is 8. The molecule has 0 aromatic heterocycles. The number of hydrogen-bond acceptors (Lipinski definition) is 6. The van der Waals surface area contributed by atoms with Gasteiger partial charge in [0.15, 0.2) is 18.1 Å². The Bertz CT molecular complexity index is 1210. The quantitative estimate of drug-likeness (QED) is 0.116. The smallest absolute Gasteiger partial charge is 0.344 e. The third-order valence-corrected chi connectivity index (χ3v) is 5.94. The number of hydrazone groups is 1. The van der Waals surface area contributed by atoms with Crippen LogP contribution in [-0.2, 0) is 4.79 Å². The molecule has 0 bridgehead atoms. The molecule has 1 amide bonds. The molecule has 0 saturated heterocycles. The predicted octanol–water partition coefficient (Wildman–Crippen LogP) is 5.46. The highest BCUT2D eigenvalue weighted by molar-refractivity contribution is 14.1. The van der Waals surface area contributed by atoms with Crippen molar-refractivity contribution in [1.29, 1.82) is 0 Å². The molecule has 0 unspecified atom stereocenters. The van der Waals surface area contributed by atoms with Crippen molar-refractivity contribution in [3.05, 3.63) is 84.9 Å². The number of methoxy groups -OCH3 is 1. The SMILES string of the molecule is COc1cc(C=NNC(=O)COc2ccc(Cl)cc2Br)ccc1OC(=O)c1ccccc1I. The molecule has 3 rings (SSSR count). The van der Waals surface area contributed by atoms with Crippen molar-refractivity contribution in [3.63, 3.8) is 0 Å². The third-order valence-electron chi connectivity index (χ3n) is 4.14. The minimum atomic E-state index is -0.487. The summed E-state index contributed by atoms with van der Waals surface area (Å²) in [5.41, 5.74) is 3.47. The highest BCUT2D eigenvalue weighted by Crippen LogP contribution is 2.29. The zero-order valence-electron chi connectivity index (χ0n) is 17.2. The molecule has 170 valence electrons. The van der Waals surface area contributed by atoms with E-state index in [9.17, 15) is 9.59 Å². The van der Waals surface area contributed by atoms with Gasteiger partial charge in [0.1, 0.15) is 5.75 Å². The Morgan fingerprint density at radius 1 is 1.09 bits per heavy atom. The summed E-state index contributed by atoms with van der Waals surface area (Å²) in [6, 6.07) is 17.0. The van der Waals surface area contributed by atoms with Crippen molar-refractivity contribution in [1.82, 2.24) is 5.43 Å². The molecule has 1 N–H and O–H groups in total.